The van der Waals surface area contributed by atoms with E-state index in [1.54, 1.807) is 6.08 Å². The van der Waals surface area contributed by atoms with E-state index in [0.717, 1.165) is 17.2 Å². The molecule has 3 rings (SSSR count). The van der Waals surface area contributed by atoms with Crippen molar-refractivity contribution in [1.82, 2.24) is 0 Å². The zero-order valence-electron chi connectivity index (χ0n) is 20.2. The maximum atomic E-state index is 13.6. The van der Waals surface area contributed by atoms with E-state index in [2.05, 4.69) is 0 Å². The Morgan fingerprint density at radius 2 is 1.54 bits per heavy atom. The van der Waals surface area contributed by atoms with Crippen molar-refractivity contribution < 1.29 is 32.3 Å². The Balaban J connectivity index is 2.54. The molecule has 0 saturated heterocycles. The van der Waals surface area contributed by atoms with Gasteiger partial charge < -0.3 is 19.4 Å². The summed E-state index contributed by atoms with van der Waals surface area (Å²) in [5, 5.41) is 22.0. The van der Waals surface area contributed by atoms with Gasteiger partial charge in [0.15, 0.2) is 5.76 Å². The smallest absolute Gasteiger partial charge is 0.295 e. The first kappa shape index (κ1) is 26.1. The topological polar surface area (TPSA) is 134 Å². The summed E-state index contributed by atoms with van der Waals surface area (Å²) in [5.41, 5.74) is 1.36. The molecule has 3 N–H and O–H groups in total. The van der Waals surface area contributed by atoms with Crippen LogP contribution in [-0.2, 0) is 23.0 Å². The monoisotopic (exact) mass is 500 g/mol. The molecular formula is C26H28O8S. The number of phenols is 2. The standard InChI is InChI=1S/C26H28O8S/c1-14(2)10-12-17-21(27)18(13-11-15(3)4)24-20(22(17)28)23(29)26(33-5)25(34-24)16-8-6-7-9-19(16)35(30,31)32/h6-11,27-28H,12-13H2,1-5H3,(H,30,31,32). The molecule has 35 heavy (non-hydrogen) atoms. The van der Waals surface area contributed by atoms with E-state index in [1.165, 1.54) is 25.3 Å². The lowest BCUT2D eigenvalue weighted by Crippen LogP contribution is -2.11. The highest BCUT2D eigenvalue weighted by molar-refractivity contribution is 7.86. The van der Waals surface area contributed by atoms with Crippen molar-refractivity contribution in [2.75, 3.05) is 7.11 Å². The maximum absolute atomic E-state index is 13.6. The van der Waals surface area contributed by atoms with Gasteiger partial charge in [-0.05, 0) is 52.7 Å². The number of hydrogen-bond acceptors (Lipinski definition) is 7. The lowest BCUT2D eigenvalue weighted by molar-refractivity contribution is 0.395. The van der Waals surface area contributed by atoms with Crippen molar-refractivity contribution in [1.29, 1.82) is 0 Å². The summed E-state index contributed by atoms with van der Waals surface area (Å²) in [6, 6.07) is 5.44. The molecule has 1 heterocycles. The first-order valence-corrected chi connectivity index (χ1v) is 12.3. The number of hydrogen-bond donors (Lipinski definition) is 3. The van der Waals surface area contributed by atoms with E-state index in [9.17, 15) is 28.0 Å². The molecule has 186 valence electrons. The highest BCUT2D eigenvalue weighted by atomic mass is 32.2. The number of methoxy groups -OCH3 is 1. The summed E-state index contributed by atoms with van der Waals surface area (Å²) in [6.45, 7) is 7.48. The molecule has 8 nitrogen and oxygen atoms in total. The van der Waals surface area contributed by atoms with E-state index in [4.69, 9.17) is 9.15 Å². The van der Waals surface area contributed by atoms with E-state index < -0.39 is 26.2 Å². The third-order valence-electron chi connectivity index (χ3n) is 5.48. The maximum Gasteiger partial charge on any atom is 0.295 e. The summed E-state index contributed by atoms with van der Waals surface area (Å²) in [7, 11) is -3.46. The number of ether oxygens (including phenoxy) is 1. The number of rotatable bonds is 7. The van der Waals surface area contributed by atoms with Gasteiger partial charge in [-0.15, -0.1) is 0 Å². The zero-order valence-corrected chi connectivity index (χ0v) is 21.0. The Morgan fingerprint density at radius 1 is 0.971 bits per heavy atom. The van der Waals surface area contributed by atoms with Gasteiger partial charge in [0.05, 0.1) is 7.11 Å². The SMILES string of the molecule is COc1c(-c2ccccc2S(=O)(=O)O)oc2c(CC=C(C)C)c(O)c(CC=C(C)C)c(O)c2c1=O. The van der Waals surface area contributed by atoms with Gasteiger partial charge in [0.2, 0.25) is 11.2 Å². The third kappa shape index (κ3) is 5.11. The van der Waals surface area contributed by atoms with Crippen molar-refractivity contribution in [2.24, 2.45) is 0 Å². The second-order valence-electron chi connectivity index (χ2n) is 8.59. The number of benzene rings is 2. The molecule has 0 spiro atoms. The van der Waals surface area contributed by atoms with Crippen LogP contribution in [0.25, 0.3) is 22.3 Å². The van der Waals surface area contributed by atoms with E-state index >= 15 is 0 Å². The van der Waals surface area contributed by atoms with Crippen LogP contribution in [0.4, 0.5) is 0 Å². The molecule has 3 aromatic rings. The Bertz CT molecular complexity index is 1520. The van der Waals surface area contributed by atoms with Crippen LogP contribution in [0, 0.1) is 0 Å². The minimum Gasteiger partial charge on any atom is -0.507 e. The molecule has 0 bridgehead atoms. The van der Waals surface area contributed by atoms with Crippen LogP contribution in [0.5, 0.6) is 17.2 Å². The fourth-order valence-corrected chi connectivity index (χ4v) is 4.43. The average molecular weight is 501 g/mol. The Kier molecular flexibility index (Phi) is 7.42. The van der Waals surface area contributed by atoms with Gasteiger partial charge in [-0.2, -0.15) is 8.42 Å². The molecule has 0 aliphatic rings. The van der Waals surface area contributed by atoms with Crippen LogP contribution in [0.3, 0.4) is 0 Å². The van der Waals surface area contributed by atoms with Gasteiger partial charge in [-0.3, -0.25) is 9.35 Å². The number of allylic oxidation sites excluding steroid dienone is 4. The van der Waals surface area contributed by atoms with E-state index in [-0.39, 0.29) is 57.8 Å². The molecule has 0 amide bonds. The fourth-order valence-electron chi connectivity index (χ4n) is 3.74. The van der Waals surface area contributed by atoms with Gasteiger partial charge in [0, 0.05) is 16.7 Å². The molecule has 0 saturated carbocycles. The summed E-state index contributed by atoms with van der Waals surface area (Å²) in [4.78, 5) is 13.1. The van der Waals surface area contributed by atoms with Crippen molar-refractivity contribution >= 4 is 21.1 Å². The van der Waals surface area contributed by atoms with Crippen molar-refractivity contribution in [3.63, 3.8) is 0 Å². The van der Waals surface area contributed by atoms with Crippen LogP contribution in [0.15, 0.2) is 61.7 Å². The zero-order chi connectivity index (χ0) is 26.1. The Hall–Kier alpha value is -3.56. The molecule has 9 heteroatoms. The second-order valence-corrected chi connectivity index (χ2v) is 9.98. The third-order valence-corrected chi connectivity index (χ3v) is 6.39. The average Bonchev–Trinajstić information content (AvgIpc) is 2.77. The van der Waals surface area contributed by atoms with Gasteiger partial charge in [0.25, 0.3) is 10.1 Å². The molecule has 0 radical (unpaired) electrons. The van der Waals surface area contributed by atoms with Crippen LogP contribution in [0.1, 0.15) is 38.8 Å². The molecule has 1 aromatic heterocycles. The predicted molar refractivity (Wildman–Crippen MR) is 134 cm³/mol. The van der Waals surface area contributed by atoms with Crippen LogP contribution >= 0.6 is 0 Å². The van der Waals surface area contributed by atoms with Crippen molar-refractivity contribution in [2.45, 2.75) is 45.4 Å². The summed E-state index contributed by atoms with van der Waals surface area (Å²) in [5.74, 6) is -1.28. The summed E-state index contributed by atoms with van der Waals surface area (Å²) >= 11 is 0. The lowest BCUT2D eigenvalue weighted by atomic mass is 9.96. The van der Waals surface area contributed by atoms with Crippen LogP contribution in [-0.4, -0.2) is 30.3 Å². The van der Waals surface area contributed by atoms with Gasteiger partial charge in [-0.25, -0.2) is 0 Å². The fraction of sp³-hybridized carbons (Fsp3) is 0.269. The Morgan fingerprint density at radius 3 is 2.09 bits per heavy atom. The molecular weight excluding hydrogens is 472 g/mol. The van der Waals surface area contributed by atoms with Crippen molar-refractivity contribution in [3.8, 4) is 28.6 Å². The number of phenolic OH excluding ortho intramolecular Hbond substituents is 2. The lowest BCUT2D eigenvalue weighted by Gasteiger charge is -2.17. The normalized spacial score (nSPS) is 11.4. The van der Waals surface area contributed by atoms with Gasteiger partial charge in [-0.1, -0.05) is 35.4 Å². The second kappa shape index (κ2) is 9.97. The number of aromatic hydroxyl groups is 2. The molecule has 0 fully saturated rings. The molecule has 2 aromatic carbocycles. The molecule has 0 atom stereocenters. The predicted octanol–water partition coefficient (Wildman–Crippen LogP) is 5.14. The highest BCUT2D eigenvalue weighted by Gasteiger charge is 2.28. The highest BCUT2D eigenvalue weighted by Crippen LogP contribution is 2.43. The number of fused-ring (bicyclic) bond motifs is 1. The molecule has 0 aliphatic heterocycles. The quantitative estimate of drug-likeness (QED) is 0.300. The largest absolute Gasteiger partial charge is 0.507 e. The van der Waals surface area contributed by atoms with Gasteiger partial charge in [0.1, 0.15) is 27.4 Å². The molecule has 0 aliphatic carbocycles. The van der Waals surface area contributed by atoms with E-state index in [0.29, 0.717) is 0 Å². The first-order chi connectivity index (χ1) is 16.4. The van der Waals surface area contributed by atoms with E-state index in [1.807, 2.05) is 33.8 Å². The van der Waals surface area contributed by atoms with Crippen LogP contribution in [0.2, 0.25) is 0 Å². The summed E-state index contributed by atoms with van der Waals surface area (Å²) in [6.07, 6.45) is 3.99. The summed E-state index contributed by atoms with van der Waals surface area (Å²) < 4.78 is 45.0. The molecule has 0 unspecified atom stereocenters. The van der Waals surface area contributed by atoms with Gasteiger partial charge >= 0.3 is 0 Å². The minimum atomic E-state index is -4.68. The van der Waals surface area contributed by atoms with Crippen molar-refractivity contribution in [3.05, 3.63) is 68.9 Å². The Labute approximate surface area is 203 Å². The first-order valence-electron chi connectivity index (χ1n) is 10.8. The minimum absolute atomic E-state index is 0.105. The van der Waals surface area contributed by atoms with Crippen LogP contribution < -0.4 is 10.2 Å².